The van der Waals surface area contributed by atoms with Gasteiger partial charge in [0, 0.05) is 43.5 Å². The third kappa shape index (κ3) is 4.73. The average molecular weight is 631 g/mol. The molecule has 7 rings (SSSR count). The zero-order valence-electron chi connectivity index (χ0n) is 25.1. The van der Waals surface area contributed by atoms with Gasteiger partial charge in [0.15, 0.2) is 17.4 Å². The van der Waals surface area contributed by atoms with Crippen LogP contribution in [-0.4, -0.2) is 22.4 Å². The molecule has 1 aliphatic heterocycles. The van der Waals surface area contributed by atoms with Gasteiger partial charge in [-0.2, -0.15) is 0 Å². The Morgan fingerprint density at radius 2 is 1.41 bits per heavy atom. The summed E-state index contributed by atoms with van der Waals surface area (Å²) >= 11 is 0. The molecular formula is C36H27N2O7P. The number of hydrogen-bond acceptors (Lipinski definition) is 8. The van der Waals surface area contributed by atoms with Crippen molar-refractivity contribution in [3.05, 3.63) is 103 Å². The first-order valence-electron chi connectivity index (χ1n) is 14.5. The summed E-state index contributed by atoms with van der Waals surface area (Å²) in [5, 5.41) is 9.70. The van der Waals surface area contributed by atoms with Crippen LogP contribution in [0, 0.1) is 5.41 Å². The molecule has 1 aliphatic rings. The number of nitrogens with one attached hydrogen (secondary N) is 1. The highest BCUT2D eigenvalue weighted by Crippen LogP contribution is 2.57. The van der Waals surface area contributed by atoms with E-state index < -0.39 is 19.3 Å². The predicted octanol–water partition coefficient (Wildman–Crippen LogP) is 7.30. The Balaban J connectivity index is 1.67. The summed E-state index contributed by atoms with van der Waals surface area (Å²) in [6.07, 6.45) is 0. The molecule has 2 heterocycles. The van der Waals surface area contributed by atoms with Crippen LogP contribution in [0.25, 0.3) is 38.6 Å². The number of benzene rings is 5. The fraction of sp³-hybridized carbons (Fsp3) is 0.0833. The zero-order chi connectivity index (χ0) is 32.2. The molecule has 0 aliphatic carbocycles. The number of ether oxygens (including phenoxy) is 3. The van der Waals surface area contributed by atoms with Gasteiger partial charge in [0.1, 0.15) is 17.0 Å². The number of esters is 2. The Hall–Kier alpha value is -5.66. The van der Waals surface area contributed by atoms with Crippen molar-refractivity contribution in [3.8, 4) is 39.8 Å². The van der Waals surface area contributed by atoms with Crippen LogP contribution in [0.15, 0.2) is 103 Å². The summed E-state index contributed by atoms with van der Waals surface area (Å²) in [5.41, 5.74) is 3.35. The van der Waals surface area contributed by atoms with Gasteiger partial charge >= 0.3 is 19.3 Å². The smallest absolute Gasteiger partial charge is 0.311 e. The van der Waals surface area contributed by atoms with Gasteiger partial charge in [-0.3, -0.25) is 19.6 Å². The Morgan fingerprint density at radius 3 is 2.13 bits per heavy atom. The molecule has 0 fully saturated rings. The van der Waals surface area contributed by atoms with Crippen molar-refractivity contribution in [2.75, 3.05) is 0 Å². The highest BCUT2D eigenvalue weighted by molar-refractivity contribution is 7.75. The first-order valence-corrected chi connectivity index (χ1v) is 16.1. The van der Waals surface area contributed by atoms with Gasteiger partial charge in [-0.15, -0.1) is 0 Å². The molecule has 0 saturated carbocycles. The number of fused-ring (bicyclic) bond motifs is 6. The van der Waals surface area contributed by atoms with Crippen molar-refractivity contribution < 1.29 is 32.9 Å². The van der Waals surface area contributed by atoms with E-state index in [2.05, 4.69) is 0 Å². The Morgan fingerprint density at radius 1 is 0.739 bits per heavy atom. The molecule has 5 aromatic carbocycles. The van der Waals surface area contributed by atoms with Gasteiger partial charge in [-0.05, 0) is 48.0 Å². The lowest BCUT2D eigenvalue weighted by Gasteiger charge is -2.30. The van der Waals surface area contributed by atoms with E-state index in [9.17, 15) is 9.59 Å². The molecule has 228 valence electrons. The first-order chi connectivity index (χ1) is 22.2. The van der Waals surface area contributed by atoms with Crippen LogP contribution in [0.3, 0.4) is 0 Å². The first kappa shape index (κ1) is 29.1. The molecule has 0 radical (unpaired) electrons. The van der Waals surface area contributed by atoms with Crippen LogP contribution in [-0.2, 0) is 14.2 Å². The number of rotatable bonds is 5. The molecule has 46 heavy (non-hydrogen) atoms. The summed E-state index contributed by atoms with van der Waals surface area (Å²) in [7, 11) is -4.05. The van der Waals surface area contributed by atoms with Gasteiger partial charge in [-0.25, -0.2) is 0 Å². The fourth-order valence-corrected chi connectivity index (χ4v) is 8.40. The van der Waals surface area contributed by atoms with E-state index in [-0.39, 0.29) is 28.5 Å². The largest absolute Gasteiger partial charge is 0.442 e. The van der Waals surface area contributed by atoms with Crippen LogP contribution in [0.1, 0.15) is 20.8 Å². The Labute approximate surface area is 263 Å². The van der Waals surface area contributed by atoms with E-state index in [0.717, 1.165) is 16.8 Å². The number of aromatic nitrogens is 1. The predicted molar refractivity (Wildman–Crippen MR) is 177 cm³/mol. The lowest BCUT2D eigenvalue weighted by atomic mass is 10.0. The summed E-state index contributed by atoms with van der Waals surface area (Å²) in [5.74, 6) is -0.400. The van der Waals surface area contributed by atoms with Crippen molar-refractivity contribution >= 4 is 57.6 Å². The average Bonchev–Trinajstić information content (AvgIpc) is 3.37. The topological polar surface area (TPSA) is 117 Å². The van der Waals surface area contributed by atoms with Gasteiger partial charge in [-0.1, -0.05) is 54.6 Å². The van der Waals surface area contributed by atoms with Crippen LogP contribution in [0.5, 0.6) is 23.0 Å². The second-order valence-corrected chi connectivity index (χ2v) is 13.0. The molecular weight excluding hydrogens is 603 g/mol. The maximum absolute atomic E-state index is 15.5. The molecule has 1 unspecified atom stereocenters. The monoisotopic (exact) mass is 630 g/mol. The molecule has 6 aromatic rings. The van der Waals surface area contributed by atoms with E-state index in [0.29, 0.717) is 32.9 Å². The minimum atomic E-state index is -4.05. The molecule has 0 amide bonds. The maximum atomic E-state index is 15.5. The van der Waals surface area contributed by atoms with Crippen LogP contribution < -0.4 is 29.3 Å². The van der Waals surface area contributed by atoms with E-state index in [1.807, 2.05) is 59.2 Å². The van der Waals surface area contributed by atoms with E-state index in [1.165, 1.54) is 26.8 Å². The molecule has 0 saturated heterocycles. The van der Waals surface area contributed by atoms with E-state index in [1.54, 1.807) is 42.5 Å². The van der Waals surface area contributed by atoms with Crippen LogP contribution in [0.2, 0.25) is 0 Å². The zero-order valence-corrected chi connectivity index (χ0v) is 26.0. The normalized spacial score (nSPS) is 15.0. The molecule has 0 bridgehead atoms. The minimum absolute atomic E-state index is 0.00894. The van der Waals surface area contributed by atoms with Crippen LogP contribution in [0.4, 0.5) is 0 Å². The number of hydrogen-bond donors (Lipinski definition) is 1. The second kappa shape index (κ2) is 11.1. The molecule has 0 spiro atoms. The summed E-state index contributed by atoms with van der Waals surface area (Å²) in [4.78, 5) is 24.8. The van der Waals surface area contributed by atoms with Gasteiger partial charge in [0.25, 0.3) is 0 Å². The number of carbonyl (C=O) groups excluding carboxylic acids is 2. The third-order valence-corrected chi connectivity index (χ3v) is 10.1. The second-order valence-electron chi connectivity index (χ2n) is 10.8. The number of nitrogens with zero attached hydrogens (tertiary/aromatic N) is 1. The lowest BCUT2D eigenvalue weighted by Crippen LogP contribution is -2.27. The lowest BCUT2D eigenvalue weighted by molar-refractivity contribution is -0.132. The highest BCUT2D eigenvalue weighted by atomic mass is 31.2. The summed E-state index contributed by atoms with van der Waals surface area (Å²) < 4.78 is 41.4. The highest BCUT2D eigenvalue weighted by Gasteiger charge is 2.42. The molecule has 9 nitrogen and oxygen atoms in total. The number of para-hydroxylation sites is 2. The van der Waals surface area contributed by atoms with Crippen molar-refractivity contribution in [1.29, 1.82) is 5.41 Å². The quantitative estimate of drug-likeness (QED) is 0.0699. The van der Waals surface area contributed by atoms with Gasteiger partial charge < -0.3 is 23.3 Å². The van der Waals surface area contributed by atoms with Gasteiger partial charge in [0.2, 0.25) is 0 Å². The number of carbonyl (C=O) groups is 2. The maximum Gasteiger partial charge on any atom is 0.311 e. The van der Waals surface area contributed by atoms with E-state index in [4.69, 9.17) is 24.1 Å². The van der Waals surface area contributed by atoms with Crippen molar-refractivity contribution in [2.45, 2.75) is 20.8 Å². The molecule has 1 aromatic heterocycles. The summed E-state index contributed by atoms with van der Waals surface area (Å²) in [6.45, 7) is 4.06. The van der Waals surface area contributed by atoms with Gasteiger partial charge in [0.05, 0.1) is 21.5 Å². The standard InChI is InChI=1S/C36H27N2O7P/c1-21(37)42-31-20-33(46(41)32-16-10-8-14-27(32)26-13-7-9-15-30(26)45-46)36(44-23(3)40)34-28-19-25(43-22(2)39)17-18-29(28)38(35(31)34)24-11-5-4-6-12-24/h4-20,37H,1-3H3. The summed E-state index contributed by atoms with van der Waals surface area (Å²) in [6, 6.07) is 30.7. The molecule has 1 N–H and O–H groups in total. The fourth-order valence-electron chi connectivity index (χ4n) is 6.00. The minimum Gasteiger partial charge on any atom is -0.442 e. The molecule has 10 heteroatoms. The SMILES string of the molecule is CC(=N)Oc1cc(P2(=O)Oc3ccccc3-c3ccccc32)c(OC(C)=O)c2c3cc(OC(C)=O)ccc3n(-c3ccccc3)c12. The molecule has 1 atom stereocenters. The Bertz CT molecular complexity index is 2290. The van der Waals surface area contributed by atoms with Crippen molar-refractivity contribution in [2.24, 2.45) is 0 Å². The van der Waals surface area contributed by atoms with E-state index >= 15 is 4.57 Å². The van der Waals surface area contributed by atoms with Crippen molar-refractivity contribution in [1.82, 2.24) is 4.57 Å². The van der Waals surface area contributed by atoms with Crippen LogP contribution >= 0.6 is 7.37 Å². The van der Waals surface area contributed by atoms with Crippen molar-refractivity contribution in [3.63, 3.8) is 0 Å². The Kier molecular flexibility index (Phi) is 6.98. The third-order valence-electron chi connectivity index (χ3n) is 7.63.